The number of carbonyl (C=O) groups is 2. The van der Waals surface area contributed by atoms with Crippen LogP contribution in [0.1, 0.15) is 27.7 Å². The van der Waals surface area contributed by atoms with Crippen molar-refractivity contribution in [3.8, 4) is 0 Å². The van der Waals surface area contributed by atoms with Gasteiger partial charge in [0.2, 0.25) is 5.91 Å². The summed E-state index contributed by atoms with van der Waals surface area (Å²) in [6.07, 6.45) is -0.426. The Bertz CT molecular complexity index is 283. The molecule has 0 aliphatic carbocycles. The van der Waals surface area contributed by atoms with Gasteiger partial charge in [0.25, 0.3) is 0 Å². The van der Waals surface area contributed by atoms with E-state index in [0.29, 0.717) is 43.4 Å². The molecule has 0 heterocycles. The van der Waals surface area contributed by atoms with Crippen molar-refractivity contribution in [1.29, 1.82) is 0 Å². The maximum atomic E-state index is 11.7. The Morgan fingerprint density at radius 3 is 2.32 bits per heavy atom. The van der Waals surface area contributed by atoms with Crippen molar-refractivity contribution in [1.82, 2.24) is 10.2 Å². The summed E-state index contributed by atoms with van der Waals surface area (Å²) >= 11 is 3.16. The molecule has 19 heavy (non-hydrogen) atoms. The molecule has 0 aliphatic rings. The largest absolute Gasteiger partial charge is 0.449 e. The molecule has 5 nitrogen and oxygen atoms in total. The molecule has 0 aliphatic heterocycles. The maximum absolute atomic E-state index is 11.7. The van der Waals surface area contributed by atoms with E-state index in [-0.39, 0.29) is 5.91 Å². The third-order valence-electron chi connectivity index (χ3n) is 2.25. The van der Waals surface area contributed by atoms with Crippen LogP contribution in [0.4, 0.5) is 4.79 Å². The zero-order chi connectivity index (χ0) is 14.8. The van der Waals surface area contributed by atoms with Crippen LogP contribution in [0, 0.1) is 11.8 Å². The van der Waals surface area contributed by atoms with Crippen LogP contribution >= 0.6 is 15.9 Å². The average Bonchev–Trinajstić information content (AvgIpc) is 2.33. The number of alkyl carbamates (subject to hydrolysis) is 1. The van der Waals surface area contributed by atoms with E-state index in [1.165, 1.54) is 0 Å². The third kappa shape index (κ3) is 9.76. The van der Waals surface area contributed by atoms with E-state index in [1.54, 1.807) is 4.90 Å². The summed E-state index contributed by atoms with van der Waals surface area (Å²) < 4.78 is 4.99. The molecule has 0 saturated heterocycles. The Morgan fingerprint density at radius 1 is 1.21 bits per heavy atom. The van der Waals surface area contributed by atoms with Crippen molar-refractivity contribution in [2.75, 3.05) is 31.6 Å². The van der Waals surface area contributed by atoms with Crippen LogP contribution in [-0.2, 0) is 9.53 Å². The summed E-state index contributed by atoms with van der Waals surface area (Å²) in [6, 6.07) is 0. The van der Waals surface area contributed by atoms with Gasteiger partial charge in [-0.3, -0.25) is 4.79 Å². The molecular formula is C13H25BrN2O3. The predicted octanol–water partition coefficient (Wildman–Crippen LogP) is 2.25. The molecule has 0 fully saturated rings. The smallest absolute Gasteiger partial charge is 0.407 e. The number of halogens is 1. The van der Waals surface area contributed by atoms with E-state index < -0.39 is 6.09 Å². The van der Waals surface area contributed by atoms with Gasteiger partial charge in [0.1, 0.15) is 0 Å². The van der Waals surface area contributed by atoms with Crippen molar-refractivity contribution in [3.63, 3.8) is 0 Å². The van der Waals surface area contributed by atoms with Gasteiger partial charge >= 0.3 is 6.09 Å². The van der Waals surface area contributed by atoms with Crippen LogP contribution in [0.15, 0.2) is 0 Å². The van der Waals surface area contributed by atoms with Crippen LogP contribution in [0.2, 0.25) is 0 Å². The summed E-state index contributed by atoms with van der Waals surface area (Å²) in [7, 11) is 0. The van der Waals surface area contributed by atoms with Crippen molar-refractivity contribution in [2.45, 2.75) is 27.7 Å². The molecule has 0 aromatic rings. The fourth-order valence-corrected chi connectivity index (χ4v) is 1.78. The molecule has 0 aromatic carbocycles. The second-order valence-electron chi connectivity index (χ2n) is 5.29. The van der Waals surface area contributed by atoms with Crippen molar-refractivity contribution < 1.29 is 14.3 Å². The lowest BCUT2D eigenvalue weighted by Crippen LogP contribution is -2.41. The van der Waals surface area contributed by atoms with E-state index in [1.807, 2.05) is 13.8 Å². The Hall–Kier alpha value is -0.780. The van der Waals surface area contributed by atoms with Gasteiger partial charge in [-0.05, 0) is 11.8 Å². The van der Waals surface area contributed by atoms with Gasteiger partial charge in [-0.15, -0.1) is 0 Å². The first kappa shape index (κ1) is 18.2. The van der Waals surface area contributed by atoms with Gasteiger partial charge in [-0.1, -0.05) is 43.6 Å². The molecule has 0 atom stereocenters. The first-order valence-electron chi connectivity index (χ1n) is 6.61. The van der Waals surface area contributed by atoms with Crippen LogP contribution in [0.5, 0.6) is 0 Å². The Morgan fingerprint density at radius 2 is 1.84 bits per heavy atom. The van der Waals surface area contributed by atoms with Crippen molar-refractivity contribution in [2.24, 2.45) is 11.8 Å². The number of hydrogen-bond acceptors (Lipinski definition) is 3. The summed E-state index contributed by atoms with van der Waals surface area (Å²) in [4.78, 5) is 24.8. The number of rotatable bonds is 8. The number of nitrogens with zero attached hydrogens (tertiary/aromatic N) is 1. The lowest BCUT2D eigenvalue weighted by molar-refractivity contribution is -0.128. The highest BCUT2D eigenvalue weighted by molar-refractivity contribution is 9.09. The van der Waals surface area contributed by atoms with E-state index in [0.717, 1.165) is 0 Å². The number of ether oxygens (including phenoxy) is 1. The molecule has 0 saturated carbocycles. The Balaban J connectivity index is 3.98. The molecule has 0 spiro atoms. The summed E-state index contributed by atoms with van der Waals surface area (Å²) in [5.41, 5.74) is 0. The van der Waals surface area contributed by atoms with Crippen LogP contribution in [0.3, 0.4) is 0 Å². The normalized spacial score (nSPS) is 10.7. The van der Waals surface area contributed by atoms with Crippen molar-refractivity contribution >= 4 is 27.9 Å². The zero-order valence-electron chi connectivity index (χ0n) is 12.2. The van der Waals surface area contributed by atoms with Crippen LogP contribution < -0.4 is 5.32 Å². The van der Waals surface area contributed by atoms with E-state index in [9.17, 15) is 9.59 Å². The highest BCUT2D eigenvalue weighted by atomic mass is 79.9. The van der Waals surface area contributed by atoms with Crippen LogP contribution in [0.25, 0.3) is 0 Å². The minimum atomic E-state index is -0.426. The fraction of sp³-hybridized carbons (Fsp3) is 0.846. The molecule has 0 bridgehead atoms. The molecule has 0 rings (SSSR count). The molecule has 6 heteroatoms. The quantitative estimate of drug-likeness (QED) is 0.691. The minimum absolute atomic E-state index is 0.0334. The molecule has 0 unspecified atom stereocenters. The fourth-order valence-electron chi connectivity index (χ4n) is 1.43. The monoisotopic (exact) mass is 336 g/mol. The first-order chi connectivity index (χ1) is 8.86. The molecule has 1 N–H and O–H groups in total. The summed E-state index contributed by atoms with van der Waals surface area (Å²) in [5.74, 6) is 0.750. The number of amides is 2. The average molecular weight is 337 g/mol. The maximum Gasteiger partial charge on any atom is 0.407 e. The molecule has 112 valence electrons. The van der Waals surface area contributed by atoms with Gasteiger partial charge in [0, 0.05) is 19.6 Å². The zero-order valence-corrected chi connectivity index (χ0v) is 13.8. The van der Waals surface area contributed by atoms with Gasteiger partial charge in [0.05, 0.1) is 11.9 Å². The summed E-state index contributed by atoms with van der Waals surface area (Å²) in [6.45, 7) is 10.1. The SMILES string of the molecule is CC(C)COC(=O)NCCN(CC(C)C)C(=O)CBr. The highest BCUT2D eigenvalue weighted by Gasteiger charge is 2.13. The highest BCUT2D eigenvalue weighted by Crippen LogP contribution is 2.00. The van der Waals surface area contributed by atoms with Gasteiger partial charge in [0.15, 0.2) is 0 Å². The van der Waals surface area contributed by atoms with Crippen molar-refractivity contribution in [3.05, 3.63) is 0 Å². The van der Waals surface area contributed by atoms with Gasteiger partial charge in [-0.2, -0.15) is 0 Å². The van der Waals surface area contributed by atoms with E-state index >= 15 is 0 Å². The number of nitrogens with one attached hydrogen (secondary N) is 1. The number of hydrogen-bond donors (Lipinski definition) is 1. The van der Waals surface area contributed by atoms with Crippen LogP contribution in [-0.4, -0.2) is 48.5 Å². The molecular weight excluding hydrogens is 312 g/mol. The molecule has 2 amide bonds. The van der Waals surface area contributed by atoms with Gasteiger partial charge in [-0.25, -0.2) is 4.79 Å². The van der Waals surface area contributed by atoms with E-state index in [4.69, 9.17) is 4.74 Å². The minimum Gasteiger partial charge on any atom is -0.449 e. The third-order valence-corrected chi connectivity index (χ3v) is 2.73. The Kier molecular flexibility index (Phi) is 9.65. The second-order valence-corrected chi connectivity index (χ2v) is 5.85. The predicted molar refractivity (Wildman–Crippen MR) is 79.4 cm³/mol. The number of alkyl halides is 1. The van der Waals surface area contributed by atoms with Gasteiger partial charge < -0.3 is 15.0 Å². The molecule has 0 aromatic heterocycles. The van der Waals surface area contributed by atoms with E-state index in [2.05, 4.69) is 35.1 Å². The lowest BCUT2D eigenvalue weighted by atomic mass is 10.2. The topological polar surface area (TPSA) is 58.6 Å². The first-order valence-corrected chi connectivity index (χ1v) is 7.73. The second kappa shape index (κ2) is 10.1. The Labute approximate surface area is 124 Å². The lowest BCUT2D eigenvalue weighted by Gasteiger charge is -2.24. The standard InChI is InChI=1S/C13H25BrN2O3/c1-10(2)8-16(12(17)7-14)6-5-15-13(18)19-9-11(3)4/h10-11H,5-9H2,1-4H3,(H,15,18). The number of carbonyl (C=O) groups excluding carboxylic acids is 2. The summed E-state index contributed by atoms with van der Waals surface area (Å²) in [5, 5.41) is 2.95. The molecule has 0 radical (unpaired) electrons.